The van der Waals surface area contributed by atoms with Gasteiger partial charge >= 0.3 is 13.1 Å². The van der Waals surface area contributed by atoms with E-state index in [2.05, 4.69) is 6.58 Å². The van der Waals surface area contributed by atoms with Crippen LogP contribution < -0.4 is 0 Å². The standard InChI is InChI=1S/C37H39BO6/c1-5-32(27-33(39)42-6-2)38-43-34(36(40-3,28-19-11-7-12-20-28)29-21-13-8-14-22-29)35(44-38)37(41-4,30-23-15-9-16-24-30)31-25-17-10-18-26-31/h5,7-26,32,34-35H,1,6,27H2,2-4H3/t32-,34+,35+/m0/s1. The third-order valence-electron chi connectivity index (χ3n) is 8.45. The highest BCUT2D eigenvalue weighted by Gasteiger charge is 2.62. The molecule has 3 atom stereocenters. The second-order valence-electron chi connectivity index (χ2n) is 10.7. The van der Waals surface area contributed by atoms with Gasteiger partial charge in [0.2, 0.25) is 0 Å². The van der Waals surface area contributed by atoms with E-state index in [9.17, 15) is 4.79 Å². The molecule has 0 amide bonds. The van der Waals surface area contributed by atoms with Gasteiger partial charge in [-0.1, -0.05) is 127 Å². The van der Waals surface area contributed by atoms with E-state index < -0.39 is 36.3 Å². The van der Waals surface area contributed by atoms with E-state index in [4.69, 9.17) is 23.5 Å². The second kappa shape index (κ2) is 14.2. The van der Waals surface area contributed by atoms with Gasteiger partial charge < -0.3 is 23.5 Å². The topological polar surface area (TPSA) is 63.2 Å². The van der Waals surface area contributed by atoms with Gasteiger partial charge in [-0.25, -0.2) is 0 Å². The molecule has 0 aromatic heterocycles. The summed E-state index contributed by atoms with van der Waals surface area (Å²) < 4.78 is 32.6. The summed E-state index contributed by atoms with van der Waals surface area (Å²) in [5.74, 6) is -0.846. The zero-order valence-corrected chi connectivity index (χ0v) is 25.5. The van der Waals surface area contributed by atoms with Crippen molar-refractivity contribution < 1.29 is 28.3 Å². The average molecular weight is 591 g/mol. The van der Waals surface area contributed by atoms with Crippen LogP contribution in [0.4, 0.5) is 0 Å². The molecule has 0 saturated carbocycles. The maximum absolute atomic E-state index is 12.7. The molecule has 1 aliphatic rings. The van der Waals surface area contributed by atoms with Gasteiger partial charge in [0, 0.05) is 20.0 Å². The molecule has 4 aromatic rings. The third-order valence-corrected chi connectivity index (χ3v) is 8.45. The third kappa shape index (κ3) is 5.76. The first-order chi connectivity index (χ1) is 21.5. The van der Waals surface area contributed by atoms with Gasteiger partial charge in [-0.15, -0.1) is 6.58 Å². The largest absolute Gasteiger partial charge is 0.466 e. The Bertz CT molecular complexity index is 1300. The van der Waals surface area contributed by atoms with Gasteiger partial charge in [0.05, 0.1) is 13.0 Å². The van der Waals surface area contributed by atoms with Crippen molar-refractivity contribution in [3.63, 3.8) is 0 Å². The van der Waals surface area contributed by atoms with Crippen LogP contribution in [0.5, 0.6) is 0 Å². The molecular formula is C37H39BO6. The van der Waals surface area contributed by atoms with Crippen LogP contribution in [0, 0.1) is 0 Å². The number of esters is 1. The predicted octanol–water partition coefficient (Wildman–Crippen LogP) is 6.95. The van der Waals surface area contributed by atoms with Gasteiger partial charge in [0.25, 0.3) is 0 Å². The molecule has 0 N–H and O–H groups in total. The molecule has 5 rings (SSSR count). The minimum Gasteiger partial charge on any atom is -0.466 e. The number of hydrogen-bond acceptors (Lipinski definition) is 6. The number of hydrogen-bond donors (Lipinski definition) is 0. The van der Waals surface area contributed by atoms with Crippen LogP contribution in [0.2, 0.25) is 5.82 Å². The summed E-state index contributed by atoms with van der Waals surface area (Å²) in [5.41, 5.74) is 1.29. The summed E-state index contributed by atoms with van der Waals surface area (Å²) in [4.78, 5) is 12.7. The number of rotatable bonds is 13. The van der Waals surface area contributed by atoms with Crippen LogP contribution in [0.15, 0.2) is 134 Å². The highest BCUT2D eigenvalue weighted by atomic mass is 16.7. The lowest BCUT2D eigenvalue weighted by atomic mass is 9.70. The van der Waals surface area contributed by atoms with Gasteiger partial charge in [-0.05, 0) is 29.2 Å². The van der Waals surface area contributed by atoms with E-state index in [-0.39, 0.29) is 19.0 Å². The first-order valence-electron chi connectivity index (χ1n) is 15.0. The molecule has 1 fully saturated rings. The molecule has 6 nitrogen and oxygen atoms in total. The van der Waals surface area contributed by atoms with Crippen LogP contribution in [-0.2, 0) is 39.5 Å². The zero-order chi connectivity index (χ0) is 31.0. The minimum absolute atomic E-state index is 0.0504. The molecule has 226 valence electrons. The van der Waals surface area contributed by atoms with E-state index >= 15 is 0 Å². The number of benzene rings is 4. The number of allylic oxidation sites excluding steroid dienone is 1. The van der Waals surface area contributed by atoms with Crippen LogP contribution >= 0.6 is 0 Å². The Morgan fingerprint density at radius 3 is 1.34 bits per heavy atom. The number of methoxy groups -OCH3 is 2. The molecule has 0 radical (unpaired) electrons. The highest BCUT2D eigenvalue weighted by molar-refractivity contribution is 6.48. The van der Waals surface area contributed by atoms with Gasteiger partial charge in [0.15, 0.2) is 0 Å². The molecule has 4 aromatic carbocycles. The van der Waals surface area contributed by atoms with Crippen molar-refractivity contribution in [2.24, 2.45) is 0 Å². The fourth-order valence-corrected chi connectivity index (χ4v) is 6.42. The lowest BCUT2D eigenvalue weighted by Gasteiger charge is -2.47. The van der Waals surface area contributed by atoms with Crippen molar-refractivity contribution >= 4 is 13.1 Å². The molecule has 1 aliphatic heterocycles. The smallest absolute Gasteiger partial charge is 0.465 e. The Labute approximate surface area is 260 Å². The van der Waals surface area contributed by atoms with Crippen molar-refractivity contribution in [2.45, 2.75) is 42.6 Å². The first-order valence-corrected chi connectivity index (χ1v) is 15.0. The number of ether oxygens (including phenoxy) is 3. The fraction of sp³-hybridized carbons (Fsp3) is 0.270. The van der Waals surface area contributed by atoms with Crippen LogP contribution in [0.25, 0.3) is 0 Å². The Morgan fingerprint density at radius 1 is 0.727 bits per heavy atom. The quantitative estimate of drug-likeness (QED) is 0.0955. The van der Waals surface area contributed by atoms with E-state index in [1.807, 2.05) is 121 Å². The maximum Gasteiger partial charge on any atom is 0.465 e. The molecule has 1 heterocycles. The lowest BCUT2D eigenvalue weighted by molar-refractivity contribution is -0.143. The molecule has 0 bridgehead atoms. The summed E-state index contributed by atoms with van der Waals surface area (Å²) in [6, 6.07) is 40.1. The van der Waals surface area contributed by atoms with Crippen molar-refractivity contribution in [1.29, 1.82) is 0 Å². The van der Waals surface area contributed by atoms with Crippen LogP contribution in [0.1, 0.15) is 35.6 Å². The Hall–Kier alpha value is -4.01. The van der Waals surface area contributed by atoms with Crippen molar-refractivity contribution in [1.82, 2.24) is 0 Å². The summed E-state index contributed by atoms with van der Waals surface area (Å²) in [5, 5.41) is 0. The van der Waals surface area contributed by atoms with E-state index in [0.29, 0.717) is 0 Å². The molecule has 44 heavy (non-hydrogen) atoms. The normalized spacial score (nSPS) is 17.7. The van der Waals surface area contributed by atoms with Crippen molar-refractivity contribution in [3.8, 4) is 0 Å². The lowest BCUT2D eigenvalue weighted by Crippen LogP contribution is -2.56. The van der Waals surface area contributed by atoms with E-state index in [1.165, 1.54) is 0 Å². The predicted molar refractivity (Wildman–Crippen MR) is 172 cm³/mol. The van der Waals surface area contributed by atoms with E-state index in [1.54, 1.807) is 27.2 Å². The number of carbonyl (C=O) groups is 1. The van der Waals surface area contributed by atoms with Crippen molar-refractivity contribution in [3.05, 3.63) is 156 Å². The Morgan fingerprint density at radius 2 is 1.07 bits per heavy atom. The highest BCUT2D eigenvalue weighted by Crippen LogP contribution is 2.51. The minimum atomic E-state index is -1.13. The van der Waals surface area contributed by atoms with Gasteiger partial charge in [-0.3, -0.25) is 4.79 Å². The molecular weight excluding hydrogens is 551 g/mol. The number of carbonyl (C=O) groups excluding carboxylic acids is 1. The monoisotopic (exact) mass is 590 g/mol. The Balaban J connectivity index is 1.78. The fourth-order valence-electron chi connectivity index (χ4n) is 6.42. The summed E-state index contributed by atoms with van der Waals surface area (Å²) in [6.07, 6.45) is 0.231. The summed E-state index contributed by atoms with van der Waals surface area (Å²) >= 11 is 0. The van der Waals surface area contributed by atoms with Gasteiger partial charge in [0.1, 0.15) is 23.4 Å². The van der Waals surface area contributed by atoms with Crippen LogP contribution in [-0.4, -0.2) is 46.1 Å². The second-order valence-corrected chi connectivity index (χ2v) is 10.7. The first kappa shape index (κ1) is 31.4. The Kier molecular flexibility index (Phi) is 10.1. The molecule has 1 saturated heterocycles. The van der Waals surface area contributed by atoms with Crippen molar-refractivity contribution in [2.75, 3.05) is 20.8 Å². The molecule has 0 unspecified atom stereocenters. The molecule has 0 spiro atoms. The maximum atomic E-state index is 12.7. The van der Waals surface area contributed by atoms with Crippen LogP contribution in [0.3, 0.4) is 0 Å². The zero-order valence-electron chi connectivity index (χ0n) is 25.5. The molecule has 7 heteroatoms. The summed E-state index contributed by atoms with van der Waals surface area (Å²) in [6.45, 7) is 6.10. The average Bonchev–Trinajstić information content (AvgIpc) is 3.53. The molecule has 0 aliphatic carbocycles. The van der Waals surface area contributed by atoms with E-state index in [0.717, 1.165) is 22.3 Å². The SMILES string of the molecule is C=C[C@@H](CC(=O)OCC)B1O[C@@H](C(OC)(c2ccccc2)c2ccccc2)[C@H](C(OC)(c2ccccc2)c2ccccc2)O1. The summed E-state index contributed by atoms with van der Waals surface area (Å²) in [7, 11) is 2.53. The van der Waals surface area contributed by atoms with Gasteiger partial charge in [-0.2, -0.15) is 0 Å².